The molecule has 0 saturated heterocycles. The first-order chi connectivity index (χ1) is 27.7. The fourth-order valence-electron chi connectivity index (χ4n) is 7.83. The molecule has 0 spiro atoms. The molecule has 0 radical (unpaired) electrons. The highest BCUT2D eigenvalue weighted by atomic mass is 15.0. The number of rotatable bonds is 4. The SMILES string of the molecule is C1=Cc2ccc(-c3nc(-c4ccccc4)nc(-c4ccc(-c5cccnc5)cc4)n3)cc2Cc2ccccc2-c2cc3ccccc3cc2Cc2ccccc21. The highest BCUT2D eigenvalue weighted by Crippen LogP contribution is 2.36. The molecule has 56 heavy (non-hydrogen) atoms. The summed E-state index contributed by atoms with van der Waals surface area (Å²) in [6.45, 7) is 0. The smallest absolute Gasteiger partial charge is 0.164 e. The van der Waals surface area contributed by atoms with Gasteiger partial charge in [0.05, 0.1) is 0 Å². The van der Waals surface area contributed by atoms with Gasteiger partial charge in [0.1, 0.15) is 0 Å². The van der Waals surface area contributed by atoms with Crippen LogP contribution >= 0.6 is 0 Å². The molecule has 0 fully saturated rings. The van der Waals surface area contributed by atoms with E-state index >= 15 is 0 Å². The molecule has 0 bridgehead atoms. The van der Waals surface area contributed by atoms with E-state index in [4.69, 9.17) is 15.0 Å². The zero-order valence-electron chi connectivity index (χ0n) is 30.7. The summed E-state index contributed by atoms with van der Waals surface area (Å²) in [4.78, 5) is 19.5. The van der Waals surface area contributed by atoms with Crippen molar-refractivity contribution in [1.29, 1.82) is 0 Å². The Morgan fingerprint density at radius 3 is 1.68 bits per heavy atom. The van der Waals surface area contributed by atoms with Gasteiger partial charge < -0.3 is 0 Å². The van der Waals surface area contributed by atoms with Crippen molar-refractivity contribution < 1.29 is 0 Å². The first kappa shape index (κ1) is 33.3. The number of pyridine rings is 1. The summed E-state index contributed by atoms with van der Waals surface area (Å²) in [6, 6.07) is 60.3. The first-order valence-electron chi connectivity index (χ1n) is 19.0. The molecule has 0 unspecified atom stereocenters. The van der Waals surface area contributed by atoms with Gasteiger partial charge in [-0.25, -0.2) is 15.0 Å². The van der Waals surface area contributed by atoms with Crippen molar-refractivity contribution >= 4 is 22.9 Å². The van der Waals surface area contributed by atoms with E-state index in [0.29, 0.717) is 17.5 Å². The van der Waals surface area contributed by atoms with Crippen molar-refractivity contribution in [2.45, 2.75) is 12.8 Å². The van der Waals surface area contributed by atoms with E-state index in [0.717, 1.165) is 40.7 Å². The maximum Gasteiger partial charge on any atom is 0.164 e. The van der Waals surface area contributed by atoms with E-state index in [9.17, 15) is 0 Å². The third-order valence-corrected chi connectivity index (χ3v) is 10.7. The molecule has 0 N–H and O–H groups in total. The molecular weight excluding hydrogens is 681 g/mol. The lowest BCUT2D eigenvalue weighted by atomic mass is 9.86. The van der Waals surface area contributed by atoms with Crippen molar-refractivity contribution in [3.8, 4) is 56.4 Å². The predicted molar refractivity (Wildman–Crippen MR) is 230 cm³/mol. The number of benzene rings is 7. The molecule has 9 aromatic rings. The van der Waals surface area contributed by atoms with E-state index in [2.05, 4.69) is 151 Å². The van der Waals surface area contributed by atoms with Gasteiger partial charge >= 0.3 is 0 Å². The number of fused-ring (bicyclic) bond motifs is 6. The number of hydrogen-bond acceptors (Lipinski definition) is 4. The molecule has 0 aliphatic heterocycles. The minimum atomic E-state index is 0.630. The summed E-state index contributed by atoms with van der Waals surface area (Å²) in [7, 11) is 0. The first-order valence-corrected chi connectivity index (χ1v) is 19.0. The Hall–Kier alpha value is -7.30. The van der Waals surface area contributed by atoms with Gasteiger partial charge in [-0.1, -0.05) is 164 Å². The highest BCUT2D eigenvalue weighted by molar-refractivity contribution is 5.90. The average Bonchev–Trinajstić information content (AvgIpc) is 3.26. The molecule has 4 nitrogen and oxygen atoms in total. The Bertz CT molecular complexity index is 2900. The minimum Gasteiger partial charge on any atom is -0.264 e. The van der Waals surface area contributed by atoms with Crippen LogP contribution in [0.2, 0.25) is 0 Å². The Kier molecular flexibility index (Phi) is 8.62. The van der Waals surface area contributed by atoms with E-state index in [-0.39, 0.29) is 0 Å². The molecule has 7 aromatic carbocycles. The van der Waals surface area contributed by atoms with Gasteiger partial charge in [0.25, 0.3) is 0 Å². The molecule has 2 heterocycles. The van der Waals surface area contributed by atoms with Crippen LogP contribution in [0.1, 0.15) is 33.4 Å². The number of hydrogen-bond donors (Lipinski definition) is 0. The highest BCUT2D eigenvalue weighted by Gasteiger charge is 2.18. The lowest BCUT2D eigenvalue weighted by Crippen LogP contribution is -2.02. The molecule has 264 valence electrons. The van der Waals surface area contributed by atoms with Gasteiger partial charge in [0.2, 0.25) is 0 Å². The summed E-state index contributed by atoms with van der Waals surface area (Å²) >= 11 is 0. The quantitative estimate of drug-likeness (QED) is 0.182. The van der Waals surface area contributed by atoms with Crippen molar-refractivity contribution in [2.24, 2.45) is 0 Å². The van der Waals surface area contributed by atoms with Crippen molar-refractivity contribution in [3.05, 3.63) is 216 Å². The Balaban J connectivity index is 1.13. The zero-order chi connectivity index (χ0) is 37.3. The number of nitrogens with zero attached hydrogens (tertiary/aromatic N) is 4. The third kappa shape index (κ3) is 6.59. The van der Waals surface area contributed by atoms with Crippen LogP contribution in [0.4, 0.5) is 0 Å². The second-order valence-corrected chi connectivity index (χ2v) is 14.3. The van der Waals surface area contributed by atoms with Gasteiger partial charge in [0, 0.05) is 29.1 Å². The maximum absolute atomic E-state index is 5.13. The molecule has 0 amide bonds. The minimum absolute atomic E-state index is 0.630. The Morgan fingerprint density at radius 2 is 0.911 bits per heavy atom. The average molecular weight is 717 g/mol. The van der Waals surface area contributed by atoms with E-state index < -0.39 is 0 Å². The van der Waals surface area contributed by atoms with Gasteiger partial charge in [-0.3, -0.25) is 4.98 Å². The van der Waals surface area contributed by atoms with Crippen LogP contribution in [0, 0.1) is 0 Å². The van der Waals surface area contributed by atoms with Crippen LogP contribution in [-0.4, -0.2) is 19.9 Å². The van der Waals surface area contributed by atoms with Crippen molar-refractivity contribution in [1.82, 2.24) is 19.9 Å². The molecule has 1 aliphatic rings. The van der Waals surface area contributed by atoms with Gasteiger partial charge in [-0.2, -0.15) is 0 Å². The molecule has 4 heteroatoms. The van der Waals surface area contributed by atoms with Crippen LogP contribution in [0.3, 0.4) is 0 Å². The zero-order valence-corrected chi connectivity index (χ0v) is 30.7. The largest absolute Gasteiger partial charge is 0.264 e. The van der Waals surface area contributed by atoms with Crippen LogP contribution in [0.25, 0.3) is 79.3 Å². The van der Waals surface area contributed by atoms with Gasteiger partial charge in [-0.05, 0) is 97.4 Å². The van der Waals surface area contributed by atoms with Crippen molar-refractivity contribution in [3.63, 3.8) is 0 Å². The van der Waals surface area contributed by atoms with E-state index in [1.54, 1.807) is 6.20 Å². The van der Waals surface area contributed by atoms with Crippen molar-refractivity contribution in [2.75, 3.05) is 0 Å². The molecule has 10 rings (SSSR count). The molecular formula is C52H36N4. The second kappa shape index (κ2) is 14.5. The summed E-state index contributed by atoms with van der Waals surface area (Å²) in [5, 5.41) is 2.51. The summed E-state index contributed by atoms with van der Waals surface area (Å²) < 4.78 is 0. The maximum atomic E-state index is 5.13. The fourth-order valence-corrected chi connectivity index (χ4v) is 7.83. The van der Waals surface area contributed by atoms with Crippen LogP contribution < -0.4 is 0 Å². The Labute approximate surface area is 326 Å². The number of aromatic nitrogens is 4. The van der Waals surface area contributed by atoms with Gasteiger partial charge in [0.15, 0.2) is 17.5 Å². The van der Waals surface area contributed by atoms with E-state index in [1.807, 2.05) is 42.6 Å². The predicted octanol–water partition coefficient (Wildman–Crippen LogP) is 12.4. The summed E-state index contributed by atoms with van der Waals surface area (Å²) in [5.74, 6) is 1.91. The standard InChI is InChI=1S/C52H36N4/c1-2-12-38(13-3-1)50-54-51(39-25-22-36(23-26-39)45-18-10-28-53-34-45)56-52(55-50)44-27-24-37-21-20-35-11-4-5-14-40(35)29-47-30-41-15-6-7-16-42(41)33-49(47)48-19-9-8-17-43(48)31-46(37)32-44/h1-28,30,32-34H,29,31H2. The molecule has 1 aliphatic carbocycles. The summed E-state index contributed by atoms with van der Waals surface area (Å²) in [5.41, 5.74) is 15.0. The van der Waals surface area contributed by atoms with Crippen LogP contribution in [0.15, 0.2) is 182 Å². The van der Waals surface area contributed by atoms with Crippen LogP contribution in [-0.2, 0) is 12.8 Å². The lowest BCUT2D eigenvalue weighted by molar-refractivity contribution is 1.07. The van der Waals surface area contributed by atoms with Gasteiger partial charge in [-0.15, -0.1) is 0 Å². The molecule has 0 saturated carbocycles. The normalized spacial score (nSPS) is 12.1. The topological polar surface area (TPSA) is 51.6 Å². The Morgan fingerprint density at radius 1 is 0.339 bits per heavy atom. The van der Waals surface area contributed by atoms with E-state index in [1.165, 1.54) is 55.3 Å². The molecule has 0 atom stereocenters. The fraction of sp³-hybridized carbons (Fsp3) is 0.0385. The molecule has 2 aromatic heterocycles. The monoisotopic (exact) mass is 716 g/mol. The second-order valence-electron chi connectivity index (χ2n) is 14.3. The third-order valence-electron chi connectivity index (χ3n) is 10.7. The summed E-state index contributed by atoms with van der Waals surface area (Å²) in [6.07, 6.45) is 9.80. The lowest BCUT2D eigenvalue weighted by Gasteiger charge is -2.19. The van der Waals surface area contributed by atoms with Crippen LogP contribution in [0.5, 0.6) is 0 Å².